The van der Waals surface area contributed by atoms with Crippen molar-refractivity contribution >= 4 is 10.9 Å². The first kappa shape index (κ1) is 16.4. The number of pyridine rings is 1. The largest absolute Gasteiger partial charge is 0.493 e. The molecule has 2 aromatic carbocycles. The molecule has 0 spiro atoms. The second kappa shape index (κ2) is 6.57. The van der Waals surface area contributed by atoms with Gasteiger partial charge in [-0.1, -0.05) is 12.1 Å². The van der Waals surface area contributed by atoms with E-state index in [1.807, 2.05) is 30.3 Å². The Kier molecular flexibility index (Phi) is 4.49. The molecule has 0 unspecified atom stereocenters. The van der Waals surface area contributed by atoms with Crippen LogP contribution in [-0.4, -0.2) is 16.7 Å². The van der Waals surface area contributed by atoms with Crippen LogP contribution in [0.25, 0.3) is 10.9 Å². The zero-order valence-electron chi connectivity index (χ0n) is 13.8. The summed E-state index contributed by atoms with van der Waals surface area (Å²) in [5, 5.41) is 11.0. The highest BCUT2D eigenvalue weighted by Gasteiger charge is 2.16. The van der Waals surface area contributed by atoms with E-state index in [-0.39, 0.29) is 5.82 Å². The second-order valence-corrected chi connectivity index (χ2v) is 6.37. The van der Waals surface area contributed by atoms with Crippen LogP contribution in [0.1, 0.15) is 25.0 Å². The predicted molar refractivity (Wildman–Crippen MR) is 92.6 cm³/mol. The topological polar surface area (TPSA) is 42.4 Å². The Hall–Kier alpha value is -2.46. The van der Waals surface area contributed by atoms with Crippen molar-refractivity contribution in [2.24, 2.45) is 0 Å². The van der Waals surface area contributed by atoms with Gasteiger partial charge < -0.3 is 9.84 Å². The molecule has 0 fully saturated rings. The molecule has 1 aromatic heterocycles. The summed E-state index contributed by atoms with van der Waals surface area (Å²) in [5.74, 6) is 0.493. The lowest BCUT2D eigenvalue weighted by Gasteiger charge is -2.17. The van der Waals surface area contributed by atoms with Gasteiger partial charge in [0.15, 0.2) is 0 Å². The highest BCUT2D eigenvalue weighted by molar-refractivity contribution is 5.80. The minimum Gasteiger partial charge on any atom is -0.493 e. The number of aliphatic hydroxyl groups is 1. The molecule has 3 aromatic rings. The number of hydrogen-bond donors (Lipinski definition) is 1. The maximum absolute atomic E-state index is 13.1. The van der Waals surface area contributed by atoms with Gasteiger partial charge in [-0.05, 0) is 49.7 Å². The molecule has 0 saturated heterocycles. The van der Waals surface area contributed by atoms with Crippen LogP contribution in [0.3, 0.4) is 0 Å². The minimum atomic E-state index is -0.915. The minimum absolute atomic E-state index is 0.231. The monoisotopic (exact) mass is 325 g/mol. The van der Waals surface area contributed by atoms with Crippen molar-refractivity contribution in [3.05, 3.63) is 71.7 Å². The number of nitrogens with zero attached hydrogens (tertiary/aromatic N) is 1. The molecule has 3 rings (SSSR count). The van der Waals surface area contributed by atoms with Crippen molar-refractivity contribution < 1.29 is 14.2 Å². The van der Waals surface area contributed by atoms with E-state index >= 15 is 0 Å². The van der Waals surface area contributed by atoms with Gasteiger partial charge in [-0.25, -0.2) is 4.39 Å². The van der Waals surface area contributed by atoms with Gasteiger partial charge in [0.25, 0.3) is 0 Å². The van der Waals surface area contributed by atoms with E-state index in [0.717, 1.165) is 27.8 Å². The van der Waals surface area contributed by atoms with Gasteiger partial charge in [-0.2, -0.15) is 0 Å². The molecular formula is C20H20FNO2. The fourth-order valence-corrected chi connectivity index (χ4v) is 2.50. The number of rotatable bonds is 5. The van der Waals surface area contributed by atoms with Crippen LogP contribution in [0.15, 0.2) is 54.7 Å². The first-order chi connectivity index (χ1) is 11.4. The van der Waals surface area contributed by atoms with Crippen LogP contribution in [0.2, 0.25) is 0 Å². The quantitative estimate of drug-likeness (QED) is 0.763. The lowest BCUT2D eigenvalue weighted by molar-refractivity contribution is 0.0784. The third-order valence-electron chi connectivity index (χ3n) is 3.91. The van der Waals surface area contributed by atoms with Crippen molar-refractivity contribution in [1.29, 1.82) is 0 Å². The standard InChI is InChI=1S/C20H20FNO2/c1-20(2,23)16-11-15-6-7-18(12-19(15)22-13-16)24-9-8-14-4-3-5-17(21)10-14/h3-7,10-13,23H,8-9H2,1-2H3. The van der Waals surface area contributed by atoms with E-state index in [1.165, 1.54) is 12.1 Å². The Morgan fingerprint density at radius 2 is 1.96 bits per heavy atom. The lowest BCUT2D eigenvalue weighted by Crippen LogP contribution is -2.15. The Morgan fingerprint density at radius 3 is 2.71 bits per heavy atom. The predicted octanol–water partition coefficient (Wildman–Crippen LogP) is 4.22. The van der Waals surface area contributed by atoms with Crippen LogP contribution >= 0.6 is 0 Å². The van der Waals surface area contributed by atoms with Crippen molar-refractivity contribution in [3.8, 4) is 5.75 Å². The van der Waals surface area contributed by atoms with Gasteiger partial charge in [0, 0.05) is 29.6 Å². The van der Waals surface area contributed by atoms with Crippen molar-refractivity contribution in [1.82, 2.24) is 4.98 Å². The van der Waals surface area contributed by atoms with E-state index in [4.69, 9.17) is 4.74 Å². The lowest BCUT2D eigenvalue weighted by atomic mass is 9.99. The Bertz CT molecular complexity index is 856. The number of halogens is 1. The molecule has 24 heavy (non-hydrogen) atoms. The zero-order valence-corrected chi connectivity index (χ0v) is 13.8. The van der Waals surface area contributed by atoms with Gasteiger partial charge in [-0.15, -0.1) is 0 Å². The summed E-state index contributed by atoms with van der Waals surface area (Å²) in [6.45, 7) is 3.94. The van der Waals surface area contributed by atoms with Crippen LogP contribution < -0.4 is 4.74 Å². The summed E-state index contributed by atoms with van der Waals surface area (Å²) < 4.78 is 18.9. The highest BCUT2D eigenvalue weighted by atomic mass is 19.1. The molecule has 0 aliphatic rings. The smallest absolute Gasteiger partial charge is 0.123 e. The van der Waals surface area contributed by atoms with E-state index in [2.05, 4.69) is 4.98 Å². The van der Waals surface area contributed by atoms with Crippen LogP contribution in [-0.2, 0) is 12.0 Å². The summed E-state index contributed by atoms with van der Waals surface area (Å²) in [7, 11) is 0. The summed E-state index contributed by atoms with van der Waals surface area (Å²) in [5.41, 5.74) is 1.58. The molecule has 3 nitrogen and oxygen atoms in total. The SMILES string of the molecule is CC(C)(O)c1cnc2cc(OCCc3cccc(F)c3)ccc2c1. The Labute approximate surface area is 140 Å². The van der Waals surface area contributed by atoms with Gasteiger partial charge in [0.2, 0.25) is 0 Å². The molecule has 0 aliphatic heterocycles. The summed E-state index contributed by atoms with van der Waals surface area (Å²) in [6.07, 6.45) is 2.32. The summed E-state index contributed by atoms with van der Waals surface area (Å²) in [6, 6.07) is 14.1. The molecule has 0 saturated carbocycles. The number of ether oxygens (including phenoxy) is 1. The highest BCUT2D eigenvalue weighted by Crippen LogP contribution is 2.25. The van der Waals surface area contributed by atoms with Crippen LogP contribution in [0, 0.1) is 5.82 Å². The summed E-state index contributed by atoms with van der Waals surface area (Å²) >= 11 is 0. The molecule has 0 amide bonds. The molecule has 0 bridgehead atoms. The zero-order chi connectivity index (χ0) is 17.2. The van der Waals surface area contributed by atoms with Crippen molar-refractivity contribution in [2.45, 2.75) is 25.9 Å². The van der Waals surface area contributed by atoms with E-state index < -0.39 is 5.60 Å². The fraction of sp³-hybridized carbons (Fsp3) is 0.250. The maximum atomic E-state index is 13.1. The van der Waals surface area contributed by atoms with Crippen LogP contribution in [0.5, 0.6) is 5.75 Å². The maximum Gasteiger partial charge on any atom is 0.123 e. The third kappa shape index (κ3) is 3.89. The number of fused-ring (bicyclic) bond motifs is 1. The molecular weight excluding hydrogens is 305 g/mol. The fourth-order valence-electron chi connectivity index (χ4n) is 2.50. The molecule has 124 valence electrons. The average molecular weight is 325 g/mol. The number of hydrogen-bond acceptors (Lipinski definition) is 3. The molecule has 4 heteroatoms. The van der Waals surface area contributed by atoms with Gasteiger partial charge in [0.1, 0.15) is 11.6 Å². The summed E-state index contributed by atoms with van der Waals surface area (Å²) in [4.78, 5) is 4.40. The first-order valence-corrected chi connectivity index (χ1v) is 7.92. The number of aromatic nitrogens is 1. The average Bonchev–Trinajstić information content (AvgIpc) is 2.53. The van der Waals surface area contributed by atoms with Crippen LogP contribution in [0.4, 0.5) is 4.39 Å². The molecule has 0 aliphatic carbocycles. The van der Waals surface area contributed by atoms with Gasteiger partial charge >= 0.3 is 0 Å². The van der Waals surface area contributed by atoms with Crippen molar-refractivity contribution in [2.75, 3.05) is 6.61 Å². The van der Waals surface area contributed by atoms with Gasteiger partial charge in [0.05, 0.1) is 17.7 Å². The van der Waals surface area contributed by atoms with E-state index in [0.29, 0.717) is 13.0 Å². The number of benzene rings is 2. The van der Waals surface area contributed by atoms with Gasteiger partial charge in [-0.3, -0.25) is 4.98 Å². The Morgan fingerprint density at radius 1 is 1.12 bits per heavy atom. The molecule has 0 atom stereocenters. The Balaban J connectivity index is 1.69. The third-order valence-corrected chi connectivity index (χ3v) is 3.91. The first-order valence-electron chi connectivity index (χ1n) is 7.92. The van der Waals surface area contributed by atoms with E-state index in [9.17, 15) is 9.50 Å². The molecule has 1 N–H and O–H groups in total. The van der Waals surface area contributed by atoms with Crippen molar-refractivity contribution in [3.63, 3.8) is 0 Å². The molecule has 0 radical (unpaired) electrons. The molecule has 1 heterocycles. The normalized spacial score (nSPS) is 11.7. The van der Waals surface area contributed by atoms with E-state index in [1.54, 1.807) is 26.1 Å². The second-order valence-electron chi connectivity index (χ2n) is 6.37.